The molecule has 1 aliphatic carbocycles. The number of hydrogen-bond donors (Lipinski definition) is 1. The first-order valence-corrected chi connectivity index (χ1v) is 7.81. The molecule has 0 aromatic heterocycles. The number of nitrogens with zero attached hydrogens (tertiary/aromatic N) is 1. The molecule has 3 atom stereocenters. The maximum absolute atomic E-state index is 10.7. The van der Waals surface area contributed by atoms with Crippen molar-refractivity contribution in [1.29, 1.82) is 0 Å². The van der Waals surface area contributed by atoms with Gasteiger partial charge in [0.05, 0.1) is 13.2 Å². The van der Waals surface area contributed by atoms with Gasteiger partial charge in [-0.2, -0.15) is 0 Å². The minimum atomic E-state index is -0.374. The van der Waals surface area contributed by atoms with Gasteiger partial charge < -0.3 is 9.84 Å². The lowest BCUT2D eigenvalue weighted by atomic mass is 10.1. The Morgan fingerprint density at radius 3 is 2.90 bits per heavy atom. The normalized spacial score (nSPS) is 30.9. The van der Waals surface area contributed by atoms with E-state index in [2.05, 4.69) is 17.9 Å². The van der Waals surface area contributed by atoms with Gasteiger partial charge in [-0.15, -0.1) is 0 Å². The Morgan fingerprint density at radius 1 is 1.25 bits per heavy atom. The third-order valence-electron chi connectivity index (χ3n) is 5.00. The summed E-state index contributed by atoms with van der Waals surface area (Å²) in [5.41, 5.74) is 2.34. The lowest BCUT2D eigenvalue weighted by molar-refractivity contribution is 0.0397. The van der Waals surface area contributed by atoms with Crippen molar-refractivity contribution in [2.45, 2.75) is 57.2 Å². The largest absolute Gasteiger partial charge is 0.497 e. The molecule has 1 heterocycles. The highest BCUT2D eigenvalue weighted by molar-refractivity contribution is 5.41. The zero-order valence-electron chi connectivity index (χ0n) is 12.5. The SMILES string of the molecule is COc1ccc2c(c1)C(O)C(N1CCCCCC1C)C2. The first-order valence-electron chi connectivity index (χ1n) is 7.81. The van der Waals surface area contributed by atoms with Crippen LogP contribution in [0.2, 0.25) is 0 Å². The fourth-order valence-electron chi connectivity index (χ4n) is 3.79. The summed E-state index contributed by atoms with van der Waals surface area (Å²) in [5, 5.41) is 10.7. The Labute approximate surface area is 121 Å². The summed E-state index contributed by atoms with van der Waals surface area (Å²) >= 11 is 0. The fourth-order valence-corrected chi connectivity index (χ4v) is 3.79. The highest BCUT2D eigenvalue weighted by Crippen LogP contribution is 2.38. The second kappa shape index (κ2) is 5.74. The van der Waals surface area contributed by atoms with Gasteiger partial charge in [-0.05, 0) is 56.0 Å². The van der Waals surface area contributed by atoms with Crippen LogP contribution in [0.5, 0.6) is 5.75 Å². The summed E-state index contributed by atoms with van der Waals surface area (Å²) in [4.78, 5) is 2.53. The fraction of sp³-hybridized carbons (Fsp3) is 0.647. The second-order valence-corrected chi connectivity index (χ2v) is 6.22. The summed E-state index contributed by atoms with van der Waals surface area (Å²) in [6.45, 7) is 3.43. The molecule has 3 rings (SSSR count). The van der Waals surface area contributed by atoms with Crippen LogP contribution in [0.4, 0.5) is 0 Å². The summed E-state index contributed by atoms with van der Waals surface area (Å²) in [5.74, 6) is 0.840. The molecule has 1 N–H and O–H groups in total. The molecule has 3 nitrogen and oxygen atoms in total. The molecule has 110 valence electrons. The van der Waals surface area contributed by atoms with Gasteiger partial charge in [0.1, 0.15) is 5.75 Å². The van der Waals surface area contributed by atoms with Crippen molar-refractivity contribution in [1.82, 2.24) is 4.90 Å². The second-order valence-electron chi connectivity index (χ2n) is 6.22. The molecular weight excluding hydrogens is 250 g/mol. The van der Waals surface area contributed by atoms with E-state index in [1.54, 1.807) is 7.11 Å². The van der Waals surface area contributed by atoms with Crippen LogP contribution in [-0.2, 0) is 6.42 Å². The van der Waals surface area contributed by atoms with Gasteiger partial charge in [0, 0.05) is 12.1 Å². The van der Waals surface area contributed by atoms with Gasteiger partial charge in [-0.25, -0.2) is 0 Å². The van der Waals surface area contributed by atoms with Gasteiger partial charge in [-0.3, -0.25) is 4.90 Å². The minimum absolute atomic E-state index is 0.241. The van der Waals surface area contributed by atoms with Crippen LogP contribution in [0.15, 0.2) is 18.2 Å². The molecule has 2 aliphatic rings. The van der Waals surface area contributed by atoms with Gasteiger partial charge in [-0.1, -0.05) is 18.9 Å². The quantitative estimate of drug-likeness (QED) is 0.901. The standard InChI is InChI=1S/C17H25NO2/c1-12-6-4-3-5-9-18(12)16-10-13-7-8-14(20-2)11-15(13)17(16)19/h7-8,11-12,16-17,19H,3-6,9-10H2,1-2H3. The summed E-state index contributed by atoms with van der Waals surface area (Å²) < 4.78 is 5.28. The third-order valence-corrected chi connectivity index (χ3v) is 5.00. The Kier molecular flexibility index (Phi) is 3.99. The van der Waals surface area contributed by atoms with Crippen molar-refractivity contribution in [2.75, 3.05) is 13.7 Å². The molecule has 1 aliphatic heterocycles. The molecule has 3 unspecified atom stereocenters. The Morgan fingerprint density at radius 2 is 2.10 bits per heavy atom. The van der Waals surface area contributed by atoms with E-state index in [1.165, 1.54) is 31.2 Å². The molecule has 0 saturated carbocycles. The summed E-state index contributed by atoms with van der Waals surface area (Å²) in [6.07, 6.45) is 5.74. The van der Waals surface area contributed by atoms with Crippen LogP contribution in [0, 0.1) is 0 Å². The van der Waals surface area contributed by atoms with Crippen molar-refractivity contribution in [2.24, 2.45) is 0 Å². The topological polar surface area (TPSA) is 32.7 Å². The van der Waals surface area contributed by atoms with Crippen LogP contribution in [0.3, 0.4) is 0 Å². The number of rotatable bonds is 2. The van der Waals surface area contributed by atoms with Crippen LogP contribution < -0.4 is 4.74 Å². The predicted molar refractivity (Wildman–Crippen MR) is 80.1 cm³/mol. The number of ether oxygens (including phenoxy) is 1. The monoisotopic (exact) mass is 275 g/mol. The van der Waals surface area contributed by atoms with E-state index in [4.69, 9.17) is 4.74 Å². The van der Waals surface area contributed by atoms with Gasteiger partial charge >= 0.3 is 0 Å². The molecule has 20 heavy (non-hydrogen) atoms. The minimum Gasteiger partial charge on any atom is -0.497 e. The first kappa shape index (κ1) is 13.9. The van der Waals surface area contributed by atoms with Gasteiger partial charge in [0.25, 0.3) is 0 Å². The van der Waals surface area contributed by atoms with E-state index in [0.29, 0.717) is 6.04 Å². The number of fused-ring (bicyclic) bond motifs is 1. The predicted octanol–water partition coefficient (Wildman–Crippen LogP) is 2.92. The number of aliphatic hydroxyl groups excluding tert-OH is 1. The van der Waals surface area contributed by atoms with Crippen LogP contribution >= 0.6 is 0 Å². The number of aliphatic hydroxyl groups is 1. The van der Waals surface area contributed by atoms with Crippen LogP contribution in [0.25, 0.3) is 0 Å². The Hall–Kier alpha value is -1.06. The summed E-state index contributed by atoms with van der Waals surface area (Å²) in [6, 6.07) is 6.93. The molecule has 0 amide bonds. The molecule has 1 aromatic rings. The van der Waals surface area contributed by atoms with E-state index in [9.17, 15) is 5.11 Å². The number of likely N-dealkylation sites (tertiary alicyclic amines) is 1. The first-order chi connectivity index (χ1) is 9.70. The Bertz CT molecular complexity index is 474. The molecule has 1 saturated heterocycles. The van der Waals surface area contributed by atoms with Crippen molar-refractivity contribution in [3.63, 3.8) is 0 Å². The van der Waals surface area contributed by atoms with Crippen molar-refractivity contribution in [3.8, 4) is 5.75 Å². The molecule has 1 aromatic carbocycles. The Balaban J connectivity index is 1.83. The summed E-state index contributed by atoms with van der Waals surface area (Å²) in [7, 11) is 1.68. The molecule has 0 bridgehead atoms. The number of hydrogen-bond acceptors (Lipinski definition) is 3. The molecule has 0 radical (unpaired) electrons. The molecule has 0 spiro atoms. The maximum atomic E-state index is 10.7. The smallest absolute Gasteiger partial charge is 0.119 e. The van der Waals surface area contributed by atoms with E-state index < -0.39 is 0 Å². The zero-order valence-corrected chi connectivity index (χ0v) is 12.5. The van der Waals surface area contributed by atoms with E-state index in [1.807, 2.05) is 12.1 Å². The van der Waals surface area contributed by atoms with Crippen molar-refractivity contribution >= 4 is 0 Å². The lowest BCUT2D eigenvalue weighted by Crippen LogP contribution is -2.43. The van der Waals surface area contributed by atoms with E-state index >= 15 is 0 Å². The molecular formula is C17H25NO2. The highest BCUT2D eigenvalue weighted by Gasteiger charge is 2.37. The number of benzene rings is 1. The highest BCUT2D eigenvalue weighted by atomic mass is 16.5. The average Bonchev–Trinajstić information content (AvgIpc) is 2.64. The van der Waals surface area contributed by atoms with Crippen molar-refractivity contribution in [3.05, 3.63) is 29.3 Å². The van der Waals surface area contributed by atoms with Crippen molar-refractivity contribution < 1.29 is 9.84 Å². The molecule has 3 heteroatoms. The van der Waals surface area contributed by atoms with Gasteiger partial charge in [0.15, 0.2) is 0 Å². The molecule has 1 fully saturated rings. The third kappa shape index (κ3) is 2.45. The average molecular weight is 275 g/mol. The van der Waals surface area contributed by atoms with Crippen LogP contribution in [0.1, 0.15) is 49.8 Å². The van der Waals surface area contributed by atoms with E-state index in [0.717, 1.165) is 24.3 Å². The maximum Gasteiger partial charge on any atom is 0.119 e. The number of methoxy groups -OCH3 is 1. The lowest BCUT2D eigenvalue weighted by Gasteiger charge is -2.34. The van der Waals surface area contributed by atoms with Crippen LogP contribution in [-0.4, -0.2) is 35.7 Å². The zero-order chi connectivity index (χ0) is 14.1. The van der Waals surface area contributed by atoms with E-state index in [-0.39, 0.29) is 12.1 Å². The van der Waals surface area contributed by atoms with Gasteiger partial charge in [0.2, 0.25) is 0 Å².